The Morgan fingerprint density at radius 3 is 1.30 bits per heavy atom. The predicted octanol–water partition coefficient (Wildman–Crippen LogP) is 10.5. The van der Waals surface area contributed by atoms with Gasteiger partial charge in [-0.3, -0.25) is 0 Å². The third-order valence-electron chi connectivity index (χ3n) is 8.15. The van der Waals surface area contributed by atoms with E-state index in [0.717, 1.165) is 38.6 Å². The average Bonchev–Trinajstić information content (AvgIpc) is 3.12. The van der Waals surface area contributed by atoms with Crippen LogP contribution < -0.4 is 0 Å². The highest BCUT2D eigenvalue weighted by Crippen LogP contribution is 2.35. The first-order chi connectivity index (χ1) is 21.8. The number of hydrogen-bond acceptors (Lipinski definition) is 3. The molecule has 206 valence electrons. The third-order valence-corrected chi connectivity index (χ3v) is 8.15. The van der Waals surface area contributed by atoms with E-state index in [-0.39, 0.29) is 0 Å². The quantitative estimate of drug-likeness (QED) is 0.196. The number of aromatic nitrogens is 3. The van der Waals surface area contributed by atoms with Crippen LogP contribution in [0.5, 0.6) is 0 Å². The van der Waals surface area contributed by atoms with Crippen molar-refractivity contribution in [3.63, 3.8) is 0 Å². The molecule has 44 heavy (non-hydrogen) atoms. The minimum absolute atomic E-state index is 0.647. The molecule has 3 nitrogen and oxygen atoms in total. The van der Waals surface area contributed by atoms with Gasteiger partial charge in [-0.05, 0) is 38.4 Å². The van der Waals surface area contributed by atoms with Gasteiger partial charge in [0, 0.05) is 22.1 Å². The summed E-state index contributed by atoms with van der Waals surface area (Å²) < 4.78 is 0. The van der Waals surface area contributed by atoms with Crippen LogP contribution in [0, 0.1) is 0 Å². The first-order valence-corrected chi connectivity index (χ1v) is 14.8. The molecule has 0 spiro atoms. The van der Waals surface area contributed by atoms with Gasteiger partial charge in [0.15, 0.2) is 17.5 Å². The lowest BCUT2D eigenvalue weighted by atomic mass is 9.97. The maximum atomic E-state index is 5.10. The standard InChI is InChI=1S/C41H27N3/c1-3-10-28(11-4-1)30-18-24-34(25-19-30)39-42-40(35-26-20-31(21-27-35)29-12-5-2-6-13-29)44-41(43-39)37-17-9-15-33-23-22-32-14-7-8-16-36(32)38(33)37/h1-27H. The maximum absolute atomic E-state index is 5.10. The van der Waals surface area contributed by atoms with Crippen LogP contribution in [0.15, 0.2) is 164 Å². The van der Waals surface area contributed by atoms with Gasteiger partial charge in [0.25, 0.3) is 0 Å². The summed E-state index contributed by atoms with van der Waals surface area (Å²) >= 11 is 0. The van der Waals surface area contributed by atoms with Crippen molar-refractivity contribution in [3.8, 4) is 56.4 Å². The predicted molar refractivity (Wildman–Crippen MR) is 182 cm³/mol. The lowest BCUT2D eigenvalue weighted by Gasteiger charge is -2.12. The van der Waals surface area contributed by atoms with Gasteiger partial charge in [0.05, 0.1) is 0 Å². The van der Waals surface area contributed by atoms with Crippen LogP contribution in [-0.2, 0) is 0 Å². The highest BCUT2D eigenvalue weighted by Gasteiger charge is 2.16. The molecule has 0 aliphatic heterocycles. The first kappa shape index (κ1) is 25.8. The fraction of sp³-hybridized carbons (Fsp3) is 0. The van der Waals surface area contributed by atoms with Crippen LogP contribution in [0.25, 0.3) is 78.0 Å². The summed E-state index contributed by atoms with van der Waals surface area (Å²) in [6, 6.07) is 56.9. The molecule has 0 N–H and O–H groups in total. The number of nitrogens with zero attached hydrogens (tertiary/aromatic N) is 3. The molecule has 0 saturated carbocycles. The third kappa shape index (κ3) is 4.81. The van der Waals surface area contributed by atoms with Crippen LogP contribution in [0.4, 0.5) is 0 Å². The van der Waals surface area contributed by atoms with E-state index >= 15 is 0 Å². The second kappa shape index (κ2) is 11.0. The van der Waals surface area contributed by atoms with Crippen molar-refractivity contribution >= 4 is 21.5 Å². The molecule has 1 heterocycles. The zero-order valence-electron chi connectivity index (χ0n) is 23.9. The summed E-state index contributed by atoms with van der Waals surface area (Å²) in [7, 11) is 0. The fourth-order valence-corrected chi connectivity index (χ4v) is 5.88. The van der Waals surface area contributed by atoms with Gasteiger partial charge in [-0.2, -0.15) is 0 Å². The van der Waals surface area contributed by atoms with Gasteiger partial charge in [-0.25, -0.2) is 15.0 Å². The normalized spacial score (nSPS) is 11.2. The number of rotatable bonds is 5. The molecule has 8 aromatic rings. The van der Waals surface area contributed by atoms with Crippen molar-refractivity contribution in [2.75, 3.05) is 0 Å². The Hall–Kier alpha value is -5.93. The topological polar surface area (TPSA) is 38.7 Å². The Labute approximate surface area is 256 Å². The molecule has 3 heteroatoms. The Kier molecular flexibility index (Phi) is 6.47. The summed E-state index contributed by atoms with van der Waals surface area (Å²) in [4.78, 5) is 15.2. The van der Waals surface area contributed by atoms with E-state index in [9.17, 15) is 0 Å². The van der Waals surface area contributed by atoms with Gasteiger partial charge >= 0.3 is 0 Å². The molecule has 0 unspecified atom stereocenters. The summed E-state index contributed by atoms with van der Waals surface area (Å²) in [6.45, 7) is 0. The maximum Gasteiger partial charge on any atom is 0.164 e. The number of fused-ring (bicyclic) bond motifs is 3. The Morgan fingerprint density at radius 1 is 0.273 bits per heavy atom. The van der Waals surface area contributed by atoms with Crippen LogP contribution in [0.2, 0.25) is 0 Å². The lowest BCUT2D eigenvalue weighted by Crippen LogP contribution is -2.00. The van der Waals surface area contributed by atoms with E-state index in [1.165, 1.54) is 21.9 Å². The van der Waals surface area contributed by atoms with Gasteiger partial charge in [-0.1, -0.05) is 164 Å². The highest BCUT2D eigenvalue weighted by molar-refractivity contribution is 6.13. The molecular formula is C41H27N3. The van der Waals surface area contributed by atoms with Crippen molar-refractivity contribution in [1.82, 2.24) is 15.0 Å². The average molecular weight is 562 g/mol. The summed E-state index contributed by atoms with van der Waals surface area (Å²) in [5.41, 5.74) is 7.54. The molecule has 8 rings (SSSR count). The lowest BCUT2D eigenvalue weighted by molar-refractivity contribution is 1.08. The molecule has 7 aromatic carbocycles. The van der Waals surface area contributed by atoms with Gasteiger partial charge in [-0.15, -0.1) is 0 Å². The van der Waals surface area contributed by atoms with E-state index < -0.39 is 0 Å². The fourth-order valence-electron chi connectivity index (χ4n) is 5.88. The highest BCUT2D eigenvalue weighted by atomic mass is 15.0. The Morgan fingerprint density at radius 2 is 0.705 bits per heavy atom. The van der Waals surface area contributed by atoms with Crippen molar-refractivity contribution in [2.24, 2.45) is 0 Å². The van der Waals surface area contributed by atoms with Crippen LogP contribution in [0.1, 0.15) is 0 Å². The van der Waals surface area contributed by atoms with E-state index in [0.29, 0.717) is 17.5 Å². The van der Waals surface area contributed by atoms with Crippen LogP contribution >= 0.6 is 0 Å². The van der Waals surface area contributed by atoms with Crippen molar-refractivity contribution < 1.29 is 0 Å². The van der Waals surface area contributed by atoms with Gasteiger partial charge < -0.3 is 0 Å². The van der Waals surface area contributed by atoms with E-state index in [4.69, 9.17) is 15.0 Å². The SMILES string of the molecule is c1ccc(-c2ccc(-c3nc(-c4ccc(-c5ccccc5)cc4)nc(-c4cccc5ccc6ccccc6c45)n3)cc2)cc1. The molecule has 0 radical (unpaired) electrons. The summed E-state index contributed by atoms with van der Waals surface area (Å²) in [6.07, 6.45) is 0. The minimum atomic E-state index is 0.647. The van der Waals surface area contributed by atoms with Crippen molar-refractivity contribution in [1.29, 1.82) is 0 Å². The van der Waals surface area contributed by atoms with Crippen LogP contribution in [-0.4, -0.2) is 15.0 Å². The van der Waals surface area contributed by atoms with E-state index in [2.05, 4.69) is 152 Å². The monoisotopic (exact) mass is 561 g/mol. The number of hydrogen-bond donors (Lipinski definition) is 0. The Balaban J connectivity index is 1.30. The van der Waals surface area contributed by atoms with Crippen molar-refractivity contribution in [3.05, 3.63) is 164 Å². The number of benzene rings is 7. The Bertz CT molecular complexity index is 2140. The second-order valence-corrected chi connectivity index (χ2v) is 10.9. The van der Waals surface area contributed by atoms with Crippen molar-refractivity contribution in [2.45, 2.75) is 0 Å². The zero-order valence-corrected chi connectivity index (χ0v) is 23.9. The molecule has 0 bridgehead atoms. The first-order valence-electron chi connectivity index (χ1n) is 14.8. The molecule has 0 atom stereocenters. The minimum Gasteiger partial charge on any atom is -0.208 e. The molecular weight excluding hydrogens is 534 g/mol. The second-order valence-electron chi connectivity index (χ2n) is 10.9. The van der Waals surface area contributed by atoms with E-state index in [1.807, 2.05) is 12.1 Å². The van der Waals surface area contributed by atoms with Crippen LogP contribution in [0.3, 0.4) is 0 Å². The zero-order chi connectivity index (χ0) is 29.3. The molecule has 0 aliphatic rings. The molecule has 0 amide bonds. The smallest absolute Gasteiger partial charge is 0.164 e. The molecule has 1 aromatic heterocycles. The molecule has 0 fully saturated rings. The molecule has 0 saturated heterocycles. The van der Waals surface area contributed by atoms with Gasteiger partial charge in [0.1, 0.15) is 0 Å². The summed E-state index contributed by atoms with van der Waals surface area (Å²) in [5.74, 6) is 1.95. The van der Waals surface area contributed by atoms with E-state index in [1.54, 1.807) is 0 Å². The summed E-state index contributed by atoms with van der Waals surface area (Å²) in [5, 5.41) is 4.68. The largest absolute Gasteiger partial charge is 0.208 e. The van der Waals surface area contributed by atoms with Gasteiger partial charge in [0.2, 0.25) is 0 Å². The molecule has 0 aliphatic carbocycles.